The van der Waals surface area contributed by atoms with Crippen LogP contribution < -0.4 is 5.32 Å². The largest absolute Gasteiger partial charge is 0.379 e. The number of nitrogens with one attached hydrogen (secondary N) is 1. The minimum Gasteiger partial charge on any atom is -0.379 e. The van der Waals surface area contributed by atoms with Crippen molar-refractivity contribution in [2.45, 2.75) is 12.5 Å². The lowest BCUT2D eigenvalue weighted by Crippen LogP contribution is -2.42. The molecule has 3 rings (SSSR count). The number of morpholine rings is 1. The average Bonchev–Trinajstić information content (AvgIpc) is 2.49. The highest BCUT2D eigenvalue weighted by Gasteiger charge is 2.13. The van der Waals surface area contributed by atoms with E-state index in [0.717, 1.165) is 31.9 Å². The second kappa shape index (κ2) is 7.39. The molecule has 1 aromatic carbocycles. The normalized spacial score (nSPS) is 18.3. The van der Waals surface area contributed by atoms with Crippen LogP contribution >= 0.6 is 12.4 Å². The fourth-order valence-corrected chi connectivity index (χ4v) is 2.43. The van der Waals surface area contributed by atoms with Gasteiger partial charge in [0.15, 0.2) is 0 Å². The molecule has 2 heterocycles. The van der Waals surface area contributed by atoms with Gasteiger partial charge in [0.25, 0.3) is 0 Å². The summed E-state index contributed by atoms with van der Waals surface area (Å²) in [6, 6.07) is 15.0. The number of aromatic nitrogens is 1. The van der Waals surface area contributed by atoms with E-state index in [0.29, 0.717) is 6.04 Å². The van der Waals surface area contributed by atoms with Gasteiger partial charge in [0.2, 0.25) is 0 Å². The maximum absolute atomic E-state index is 5.49. The summed E-state index contributed by atoms with van der Waals surface area (Å²) in [6.07, 6.45) is 2.83. The molecule has 0 saturated carbocycles. The molecule has 0 radical (unpaired) electrons. The number of pyridine rings is 1. The Bertz CT molecular complexity index is 527. The van der Waals surface area contributed by atoms with Crippen LogP contribution in [0.3, 0.4) is 0 Å². The molecule has 1 atom stereocenters. The molecule has 3 nitrogen and oxygen atoms in total. The van der Waals surface area contributed by atoms with Gasteiger partial charge in [-0.3, -0.25) is 4.98 Å². The fraction of sp³-hybridized carbons (Fsp3) is 0.312. The van der Waals surface area contributed by atoms with Crippen molar-refractivity contribution in [1.29, 1.82) is 0 Å². The summed E-state index contributed by atoms with van der Waals surface area (Å²) < 4.78 is 5.49. The first-order valence-corrected chi connectivity index (χ1v) is 6.73. The second-order valence-electron chi connectivity index (χ2n) is 4.85. The van der Waals surface area contributed by atoms with Crippen molar-refractivity contribution in [2.75, 3.05) is 19.8 Å². The molecular weight excluding hydrogens is 272 g/mol. The Morgan fingerprint density at radius 2 is 2.15 bits per heavy atom. The smallest absolute Gasteiger partial charge is 0.0702 e. The van der Waals surface area contributed by atoms with Gasteiger partial charge in [-0.15, -0.1) is 12.4 Å². The summed E-state index contributed by atoms with van der Waals surface area (Å²) in [7, 11) is 0. The molecule has 1 aliphatic heterocycles. The molecule has 1 aromatic heterocycles. The van der Waals surface area contributed by atoms with E-state index in [1.165, 1.54) is 11.1 Å². The van der Waals surface area contributed by atoms with Crippen molar-refractivity contribution in [3.8, 4) is 11.3 Å². The molecule has 1 fully saturated rings. The van der Waals surface area contributed by atoms with Gasteiger partial charge in [-0.1, -0.05) is 24.3 Å². The summed E-state index contributed by atoms with van der Waals surface area (Å²) in [4.78, 5) is 4.40. The molecule has 2 aromatic rings. The Morgan fingerprint density at radius 1 is 1.20 bits per heavy atom. The zero-order chi connectivity index (χ0) is 12.9. The third-order valence-electron chi connectivity index (χ3n) is 3.37. The molecule has 0 spiro atoms. The highest BCUT2D eigenvalue weighted by atomic mass is 35.5. The predicted octanol–water partition coefficient (Wildman–Crippen LogP) is 2.70. The van der Waals surface area contributed by atoms with Crippen LogP contribution in [-0.2, 0) is 11.2 Å². The van der Waals surface area contributed by atoms with Gasteiger partial charge in [-0.25, -0.2) is 0 Å². The fourth-order valence-electron chi connectivity index (χ4n) is 2.43. The number of benzene rings is 1. The van der Waals surface area contributed by atoms with E-state index in [9.17, 15) is 0 Å². The Hall–Kier alpha value is -1.42. The molecule has 106 valence electrons. The number of ether oxygens (including phenoxy) is 1. The molecule has 1 saturated heterocycles. The van der Waals surface area contributed by atoms with Crippen LogP contribution in [0.2, 0.25) is 0 Å². The topological polar surface area (TPSA) is 34.1 Å². The van der Waals surface area contributed by atoms with E-state index < -0.39 is 0 Å². The van der Waals surface area contributed by atoms with E-state index in [2.05, 4.69) is 34.6 Å². The number of halogens is 1. The Kier molecular flexibility index (Phi) is 5.53. The zero-order valence-electron chi connectivity index (χ0n) is 11.3. The summed E-state index contributed by atoms with van der Waals surface area (Å²) in [5, 5.41) is 3.49. The highest BCUT2D eigenvalue weighted by Crippen LogP contribution is 2.18. The molecule has 1 N–H and O–H groups in total. The zero-order valence-corrected chi connectivity index (χ0v) is 12.1. The average molecular weight is 291 g/mol. The van der Waals surface area contributed by atoms with Crippen molar-refractivity contribution in [3.05, 3.63) is 54.2 Å². The number of nitrogens with zero attached hydrogens (tertiary/aromatic N) is 1. The molecular formula is C16H19ClN2O. The lowest BCUT2D eigenvalue weighted by Gasteiger charge is -2.23. The molecule has 1 aliphatic rings. The van der Waals surface area contributed by atoms with Crippen LogP contribution in [0.4, 0.5) is 0 Å². The van der Waals surface area contributed by atoms with Gasteiger partial charge in [-0.2, -0.15) is 0 Å². The van der Waals surface area contributed by atoms with Gasteiger partial charge in [-0.05, 0) is 30.2 Å². The first-order chi connectivity index (χ1) is 9.42. The summed E-state index contributed by atoms with van der Waals surface area (Å²) in [5.74, 6) is 0. The maximum Gasteiger partial charge on any atom is 0.0702 e. The number of hydrogen-bond donors (Lipinski definition) is 1. The molecule has 0 bridgehead atoms. The number of rotatable bonds is 3. The minimum absolute atomic E-state index is 0. The van der Waals surface area contributed by atoms with Gasteiger partial charge >= 0.3 is 0 Å². The van der Waals surface area contributed by atoms with E-state index in [1.807, 2.05) is 24.4 Å². The quantitative estimate of drug-likeness (QED) is 0.944. The Balaban J connectivity index is 0.00000147. The van der Waals surface area contributed by atoms with Crippen LogP contribution in [0, 0.1) is 0 Å². The first-order valence-electron chi connectivity index (χ1n) is 6.73. The molecule has 0 amide bonds. The van der Waals surface area contributed by atoms with Crippen molar-refractivity contribution < 1.29 is 4.74 Å². The first kappa shape index (κ1) is 15.0. The van der Waals surface area contributed by atoms with E-state index in [-0.39, 0.29) is 12.4 Å². The van der Waals surface area contributed by atoms with Gasteiger partial charge in [0.1, 0.15) is 0 Å². The summed E-state index contributed by atoms with van der Waals surface area (Å²) in [6.45, 7) is 2.57. The lowest BCUT2D eigenvalue weighted by molar-refractivity contribution is 0.0770. The molecule has 20 heavy (non-hydrogen) atoms. The molecule has 4 heteroatoms. The maximum atomic E-state index is 5.49. The Labute approximate surface area is 125 Å². The highest BCUT2D eigenvalue weighted by molar-refractivity contribution is 5.85. The van der Waals surface area contributed by atoms with E-state index >= 15 is 0 Å². The lowest BCUT2D eigenvalue weighted by atomic mass is 10.0. The monoisotopic (exact) mass is 290 g/mol. The minimum atomic E-state index is 0. The SMILES string of the molecule is Cl.c1ccc(-c2cccc(CC3COCCN3)c2)nc1. The van der Waals surface area contributed by atoms with Crippen LogP contribution in [0.1, 0.15) is 5.56 Å². The van der Waals surface area contributed by atoms with Crippen LogP contribution in [0.5, 0.6) is 0 Å². The van der Waals surface area contributed by atoms with Gasteiger partial charge in [0.05, 0.1) is 18.9 Å². The predicted molar refractivity (Wildman–Crippen MR) is 83.2 cm³/mol. The third-order valence-corrected chi connectivity index (χ3v) is 3.37. The van der Waals surface area contributed by atoms with Gasteiger partial charge < -0.3 is 10.1 Å². The van der Waals surface area contributed by atoms with E-state index in [1.54, 1.807) is 0 Å². The third kappa shape index (κ3) is 3.79. The summed E-state index contributed by atoms with van der Waals surface area (Å²) >= 11 is 0. The van der Waals surface area contributed by atoms with Crippen LogP contribution in [0.15, 0.2) is 48.7 Å². The standard InChI is InChI=1S/C16H18N2O.ClH/c1-2-7-18-16(6-1)14-5-3-4-13(10-14)11-15-12-19-9-8-17-15;/h1-7,10,15,17H,8-9,11-12H2;1H. The molecule has 1 unspecified atom stereocenters. The van der Waals surface area contributed by atoms with Crippen molar-refractivity contribution in [1.82, 2.24) is 10.3 Å². The second-order valence-corrected chi connectivity index (χ2v) is 4.85. The van der Waals surface area contributed by atoms with Crippen molar-refractivity contribution in [3.63, 3.8) is 0 Å². The molecule has 0 aliphatic carbocycles. The van der Waals surface area contributed by atoms with E-state index in [4.69, 9.17) is 4.74 Å². The van der Waals surface area contributed by atoms with Gasteiger partial charge in [0, 0.05) is 24.3 Å². The van der Waals surface area contributed by atoms with Crippen LogP contribution in [0.25, 0.3) is 11.3 Å². The Morgan fingerprint density at radius 3 is 2.90 bits per heavy atom. The van der Waals surface area contributed by atoms with Crippen molar-refractivity contribution >= 4 is 12.4 Å². The summed E-state index contributed by atoms with van der Waals surface area (Å²) in [5.41, 5.74) is 3.53. The van der Waals surface area contributed by atoms with Crippen LogP contribution in [-0.4, -0.2) is 30.8 Å². The van der Waals surface area contributed by atoms with Crippen molar-refractivity contribution in [2.24, 2.45) is 0 Å². The number of hydrogen-bond acceptors (Lipinski definition) is 3.